The van der Waals surface area contributed by atoms with Gasteiger partial charge in [-0.1, -0.05) is 12.2 Å². The van der Waals surface area contributed by atoms with Crippen LogP contribution in [0.15, 0.2) is 47.3 Å². The van der Waals surface area contributed by atoms with Gasteiger partial charge < -0.3 is 5.32 Å². The van der Waals surface area contributed by atoms with Crippen molar-refractivity contribution in [3.05, 3.63) is 47.3 Å². The van der Waals surface area contributed by atoms with Crippen LogP contribution in [0.4, 0.5) is 0 Å². The topological polar surface area (TPSA) is 33.3 Å². The zero-order valence-corrected chi connectivity index (χ0v) is 6.37. The summed E-state index contributed by atoms with van der Waals surface area (Å²) in [5.74, 6) is 0. The first-order valence-electron chi connectivity index (χ1n) is 3.92. The summed E-state index contributed by atoms with van der Waals surface area (Å²) < 4.78 is 0. The van der Waals surface area contributed by atoms with Crippen LogP contribution < -0.4 is 10.8 Å². The van der Waals surface area contributed by atoms with Gasteiger partial charge in [0.25, 0.3) is 0 Å². The van der Waals surface area contributed by atoms with Crippen LogP contribution in [0.2, 0.25) is 0 Å². The Hall–Kier alpha value is -1.48. The highest BCUT2D eigenvalue weighted by atomic mass is 16.7. The fraction of sp³-hybridized carbons (Fsp3) is 0.111. The second-order valence-electron chi connectivity index (χ2n) is 2.94. The SMILES string of the molecule is C1=CC2=CC3=CNOC3NC2=C1. The minimum absolute atomic E-state index is 0.0140. The standard InChI is InChI=1S/C9H8N2O/c1-2-6-4-7-5-10-12-9(7)11-8(6)3-1/h1-5,9-11H. The lowest BCUT2D eigenvalue weighted by Crippen LogP contribution is -2.33. The Morgan fingerprint density at radius 3 is 3.42 bits per heavy atom. The highest BCUT2D eigenvalue weighted by Gasteiger charge is 2.25. The molecular weight excluding hydrogens is 152 g/mol. The first-order chi connectivity index (χ1) is 5.93. The van der Waals surface area contributed by atoms with E-state index in [0.717, 1.165) is 11.3 Å². The van der Waals surface area contributed by atoms with E-state index in [0.29, 0.717) is 0 Å². The third-order valence-corrected chi connectivity index (χ3v) is 2.17. The summed E-state index contributed by atoms with van der Waals surface area (Å²) in [7, 11) is 0. The Morgan fingerprint density at radius 1 is 1.42 bits per heavy atom. The predicted molar refractivity (Wildman–Crippen MR) is 44.5 cm³/mol. The van der Waals surface area contributed by atoms with E-state index in [1.807, 2.05) is 18.4 Å². The molecule has 3 rings (SSSR count). The Labute approximate surface area is 70.1 Å². The van der Waals surface area contributed by atoms with Crippen molar-refractivity contribution in [1.29, 1.82) is 0 Å². The third kappa shape index (κ3) is 0.685. The van der Waals surface area contributed by atoms with E-state index in [-0.39, 0.29) is 6.23 Å². The van der Waals surface area contributed by atoms with Crippen LogP contribution in [-0.4, -0.2) is 6.23 Å². The van der Waals surface area contributed by atoms with E-state index in [9.17, 15) is 0 Å². The minimum Gasteiger partial charge on any atom is -0.354 e. The lowest BCUT2D eigenvalue weighted by atomic mass is 10.1. The summed E-state index contributed by atoms with van der Waals surface area (Å²) in [5, 5.41) is 3.25. The van der Waals surface area contributed by atoms with Gasteiger partial charge >= 0.3 is 0 Å². The lowest BCUT2D eigenvalue weighted by Gasteiger charge is -2.21. The normalized spacial score (nSPS) is 29.3. The minimum atomic E-state index is -0.0140. The van der Waals surface area contributed by atoms with Crippen LogP contribution in [0.5, 0.6) is 0 Å². The van der Waals surface area contributed by atoms with Crippen molar-refractivity contribution in [2.45, 2.75) is 6.23 Å². The summed E-state index contributed by atoms with van der Waals surface area (Å²) in [4.78, 5) is 5.20. The molecule has 0 saturated heterocycles. The quantitative estimate of drug-likeness (QED) is 0.547. The molecule has 0 radical (unpaired) electrons. The summed E-state index contributed by atoms with van der Waals surface area (Å²) >= 11 is 0. The molecule has 2 aliphatic heterocycles. The van der Waals surface area contributed by atoms with E-state index in [2.05, 4.69) is 22.9 Å². The molecule has 12 heavy (non-hydrogen) atoms. The van der Waals surface area contributed by atoms with Crippen LogP contribution in [0.1, 0.15) is 0 Å². The first-order valence-corrected chi connectivity index (χ1v) is 3.92. The Morgan fingerprint density at radius 2 is 2.42 bits per heavy atom. The fourth-order valence-electron chi connectivity index (χ4n) is 1.56. The molecule has 0 spiro atoms. The van der Waals surface area contributed by atoms with Crippen molar-refractivity contribution >= 4 is 0 Å². The van der Waals surface area contributed by atoms with E-state index in [1.165, 1.54) is 5.57 Å². The van der Waals surface area contributed by atoms with Gasteiger partial charge in [-0.2, -0.15) is 0 Å². The molecule has 3 heteroatoms. The molecule has 1 aliphatic carbocycles. The molecule has 0 aromatic carbocycles. The van der Waals surface area contributed by atoms with Gasteiger partial charge in [-0.15, -0.1) is 0 Å². The molecule has 0 aromatic heterocycles. The molecule has 0 fully saturated rings. The van der Waals surface area contributed by atoms with Gasteiger partial charge in [-0.05, 0) is 17.7 Å². The fourth-order valence-corrected chi connectivity index (χ4v) is 1.56. The molecule has 0 aromatic rings. The number of allylic oxidation sites excluding steroid dienone is 3. The smallest absolute Gasteiger partial charge is 0.182 e. The Kier molecular flexibility index (Phi) is 1.02. The molecule has 3 nitrogen and oxygen atoms in total. The van der Waals surface area contributed by atoms with E-state index >= 15 is 0 Å². The molecular formula is C9H8N2O. The van der Waals surface area contributed by atoms with Crippen molar-refractivity contribution < 1.29 is 4.84 Å². The summed E-state index contributed by atoms with van der Waals surface area (Å²) in [6, 6.07) is 0. The van der Waals surface area contributed by atoms with Crippen molar-refractivity contribution in [1.82, 2.24) is 10.8 Å². The summed E-state index contributed by atoms with van der Waals surface area (Å²) in [5.41, 5.74) is 6.25. The van der Waals surface area contributed by atoms with Crippen LogP contribution in [0.25, 0.3) is 0 Å². The maximum Gasteiger partial charge on any atom is 0.182 e. The Balaban J connectivity index is 2.08. The van der Waals surface area contributed by atoms with Crippen LogP contribution >= 0.6 is 0 Å². The predicted octanol–water partition coefficient (Wildman–Crippen LogP) is 0.715. The lowest BCUT2D eigenvalue weighted by molar-refractivity contribution is 0.0303. The first kappa shape index (κ1) is 6.08. The maximum atomic E-state index is 5.20. The zero-order valence-electron chi connectivity index (χ0n) is 6.37. The highest BCUT2D eigenvalue weighted by molar-refractivity contribution is 5.54. The molecule has 0 amide bonds. The average Bonchev–Trinajstić information content (AvgIpc) is 2.64. The average molecular weight is 160 g/mol. The summed E-state index contributed by atoms with van der Waals surface area (Å²) in [6.45, 7) is 0. The van der Waals surface area contributed by atoms with E-state index in [4.69, 9.17) is 4.84 Å². The van der Waals surface area contributed by atoms with Gasteiger partial charge in [-0.3, -0.25) is 5.48 Å². The molecule has 0 bridgehead atoms. The molecule has 2 heterocycles. The summed E-state index contributed by atoms with van der Waals surface area (Å²) in [6.07, 6.45) is 10.1. The molecule has 1 unspecified atom stereocenters. The molecule has 60 valence electrons. The van der Waals surface area contributed by atoms with Gasteiger partial charge in [0, 0.05) is 17.5 Å². The maximum absolute atomic E-state index is 5.20. The third-order valence-electron chi connectivity index (χ3n) is 2.17. The van der Waals surface area contributed by atoms with E-state index in [1.54, 1.807) is 0 Å². The van der Waals surface area contributed by atoms with Crippen molar-refractivity contribution in [2.75, 3.05) is 0 Å². The number of fused-ring (bicyclic) bond motifs is 2. The number of hydrogen-bond acceptors (Lipinski definition) is 3. The number of nitrogens with one attached hydrogen (secondary N) is 2. The van der Waals surface area contributed by atoms with Crippen LogP contribution in [0, 0.1) is 0 Å². The zero-order chi connectivity index (χ0) is 7.97. The number of hydroxylamine groups is 1. The van der Waals surface area contributed by atoms with Gasteiger partial charge in [0.05, 0.1) is 0 Å². The van der Waals surface area contributed by atoms with Crippen molar-refractivity contribution in [3.8, 4) is 0 Å². The Bertz CT molecular complexity index is 350. The van der Waals surface area contributed by atoms with Gasteiger partial charge in [0.15, 0.2) is 6.23 Å². The van der Waals surface area contributed by atoms with E-state index < -0.39 is 0 Å². The molecule has 2 N–H and O–H groups in total. The second kappa shape index (κ2) is 2.01. The second-order valence-corrected chi connectivity index (χ2v) is 2.94. The van der Waals surface area contributed by atoms with Gasteiger partial charge in [0.2, 0.25) is 0 Å². The number of rotatable bonds is 0. The molecule has 0 saturated carbocycles. The van der Waals surface area contributed by atoms with Crippen molar-refractivity contribution in [2.24, 2.45) is 0 Å². The molecule has 3 aliphatic rings. The van der Waals surface area contributed by atoms with Gasteiger partial charge in [-0.25, -0.2) is 4.84 Å². The van der Waals surface area contributed by atoms with Crippen LogP contribution in [0.3, 0.4) is 0 Å². The number of hydrogen-bond donors (Lipinski definition) is 2. The highest BCUT2D eigenvalue weighted by Crippen LogP contribution is 2.26. The molecule has 1 atom stereocenters. The van der Waals surface area contributed by atoms with Gasteiger partial charge in [0.1, 0.15) is 0 Å². The monoisotopic (exact) mass is 160 g/mol. The van der Waals surface area contributed by atoms with Crippen molar-refractivity contribution in [3.63, 3.8) is 0 Å². The van der Waals surface area contributed by atoms with Crippen LogP contribution in [-0.2, 0) is 4.84 Å². The largest absolute Gasteiger partial charge is 0.354 e.